The molecule has 2 amide bonds. The van der Waals surface area contributed by atoms with Crippen molar-refractivity contribution < 1.29 is 9.59 Å². The number of nitrogens with zero attached hydrogens (tertiary/aromatic N) is 3. The van der Waals surface area contributed by atoms with Crippen LogP contribution in [0.15, 0.2) is 18.2 Å². The molecule has 1 fully saturated rings. The number of carbonyl (C=O) groups excluding carboxylic acids is 2. The van der Waals surface area contributed by atoms with E-state index >= 15 is 0 Å². The molecular formula is C20H31N5O2. The number of fused-ring (bicyclic) bond motifs is 1. The van der Waals surface area contributed by atoms with Crippen molar-refractivity contribution in [1.29, 1.82) is 0 Å². The van der Waals surface area contributed by atoms with Crippen LogP contribution >= 0.6 is 0 Å². The van der Waals surface area contributed by atoms with E-state index in [1.54, 1.807) is 6.92 Å². The summed E-state index contributed by atoms with van der Waals surface area (Å²) in [5.74, 6) is -1.12. The zero-order valence-corrected chi connectivity index (χ0v) is 16.6. The molecule has 27 heavy (non-hydrogen) atoms. The average Bonchev–Trinajstić information content (AvgIpc) is 3.04. The molecule has 0 spiro atoms. The molecule has 2 aliphatic heterocycles. The summed E-state index contributed by atoms with van der Waals surface area (Å²) >= 11 is 0. The Labute approximate surface area is 161 Å². The van der Waals surface area contributed by atoms with Crippen LogP contribution in [0.5, 0.6) is 0 Å². The Balaban J connectivity index is 1.76. The molecule has 3 rings (SSSR count). The van der Waals surface area contributed by atoms with Crippen LogP contribution in [-0.2, 0) is 16.0 Å². The fourth-order valence-corrected chi connectivity index (χ4v) is 3.90. The molecule has 2 N–H and O–H groups in total. The van der Waals surface area contributed by atoms with Crippen LogP contribution in [0.3, 0.4) is 0 Å². The van der Waals surface area contributed by atoms with Gasteiger partial charge in [0.05, 0.1) is 6.04 Å². The monoisotopic (exact) mass is 373 g/mol. The van der Waals surface area contributed by atoms with E-state index < -0.39 is 11.8 Å². The molecule has 148 valence electrons. The minimum atomic E-state index is -0.565. The third-order valence-corrected chi connectivity index (χ3v) is 5.59. The highest BCUT2D eigenvalue weighted by atomic mass is 16.2. The molecule has 1 aromatic carbocycles. The number of rotatable bonds is 5. The Morgan fingerprint density at radius 3 is 2.44 bits per heavy atom. The minimum absolute atomic E-state index is 0.0771. The van der Waals surface area contributed by atoms with Gasteiger partial charge >= 0.3 is 11.8 Å². The van der Waals surface area contributed by atoms with Crippen molar-refractivity contribution in [2.45, 2.75) is 19.4 Å². The number of hydrogen-bond acceptors (Lipinski definition) is 5. The van der Waals surface area contributed by atoms with E-state index in [2.05, 4.69) is 57.6 Å². The molecule has 0 radical (unpaired) electrons. The fourth-order valence-electron chi connectivity index (χ4n) is 3.90. The first-order chi connectivity index (χ1) is 13.0. The Kier molecular flexibility index (Phi) is 6.34. The number of piperazine rings is 1. The maximum Gasteiger partial charge on any atom is 0.309 e. The predicted molar refractivity (Wildman–Crippen MR) is 107 cm³/mol. The van der Waals surface area contributed by atoms with Crippen LogP contribution in [0.4, 0.5) is 5.69 Å². The van der Waals surface area contributed by atoms with Crippen LogP contribution in [0, 0.1) is 0 Å². The van der Waals surface area contributed by atoms with Crippen LogP contribution in [0.1, 0.15) is 24.1 Å². The van der Waals surface area contributed by atoms with E-state index in [-0.39, 0.29) is 6.04 Å². The lowest BCUT2D eigenvalue weighted by Crippen LogP contribution is -2.49. The SMILES string of the molecule is CCNC(=O)C(=O)NCC(c1ccc2c(c1)CCN2C)N1CCN(C)CC1. The summed E-state index contributed by atoms with van der Waals surface area (Å²) in [7, 11) is 4.25. The Bertz CT molecular complexity index is 685. The van der Waals surface area contributed by atoms with Gasteiger partial charge in [-0.1, -0.05) is 12.1 Å². The largest absolute Gasteiger partial charge is 0.374 e. The second-order valence-electron chi connectivity index (χ2n) is 7.48. The molecule has 7 nitrogen and oxygen atoms in total. The predicted octanol–water partition coefficient (Wildman–Crippen LogP) is 0.220. The number of hydrogen-bond donors (Lipinski definition) is 2. The summed E-state index contributed by atoms with van der Waals surface area (Å²) in [6, 6.07) is 6.71. The zero-order valence-electron chi connectivity index (χ0n) is 16.6. The molecule has 7 heteroatoms. The van der Waals surface area contributed by atoms with Gasteiger partial charge in [0.15, 0.2) is 0 Å². The topological polar surface area (TPSA) is 67.9 Å². The van der Waals surface area contributed by atoms with Crippen molar-refractivity contribution in [3.05, 3.63) is 29.3 Å². The molecule has 1 unspecified atom stereocenters. The van der Waals surface area contributed by atoms with Gasteiger partial charge in [0.2, 0.25) is 0 Å². The number of nitrogens with one attached hydrogen (secondary N) is 2. The number of amides is 2. The molecule has 0 bridgehead atoms. The van der Waals surface area contributed by atoms with Gasteiger partial charge in [-0.05, 0) is 37.6 Å². The molecule has 1 atom stereocenters. The number of carbonyl (C=O) groups is 2. The molecular weight excluding hydrogens is 342 g/mol. The summed E-state index contributed by atoms with van der Waals surface area (Å²) in [6.45, 7) is 7.67. The van der Waals surface area contributed by atoms with Gasteiger partial charge in [-0.15, -0.1) is 0 Å². The Morgan fingerprint density at radius 2 is 1.74 bits per heavy atom. The van der Waals surface area contributed by atoms with Gasteiger partial charge in [-0.2, -0.15) is 0 Å². The van der Waals surface area contributed by atoms with Gasteiger partial charge in [-0.25, -0.2) is 0 Å². The molecule has 1 aromatic rings. The first-order valence-corrected chi connectivity index (χ1v) is 9.82. The van der Waals surface area contributed by atoms with E-state index in [9.17, 15) is 9.59 Å². The van der Waals surface area contributed by atoms with Crippen molar-refractivity contribution in [2.75, 3.05) is 64.8 Å². The number of anilines is 1. The number of likely N-dealkylation sites (N-methyl/N-ethyl adjacent to an activating group) is 3. The molecule has 2 aliphatic rings. The fraction of sp³-hybridized carbons (Fsp3) is 0.600. The van der Waals surface area contributed by atoms with E-state index in [0.29, 0.717) is 13.1 Å². The second kappa shape index (κ2) is 8.71. The van der Waals surface area contributed by atoms with Crippen molar-refractivity contribution in [2.24, 2.45) is 0 Å². The van der Waals surface area contributed by atoms with Crippen LogP contribution < -0.4 is 15.5 Å². The molecule has 0 aliphatic carbocycles. The smallest absolute Gasteiger partial charge is 0.309 e. The van der Waals surface area contributed by atoms with Gasteiger partial charge in [0.1, 0.15) is 0 Å². The average molecular weight is 374 g/mol. The van der Waals surface area contributed by atoms with Gasteiger partial charge in [0.25, 0.3) is 0 Å². The Hall–Kier alpha value is -2.12. The lowest BCUT2D eigenvalue weighted by molar-refractivity contribution is -0.139. The van der Waals surface area contributed by atoms with Crippen LogP contribution in [0.25, 0.3) is 0 Å². The lowest BCUT2D eigenvalue weighted by Gasteiger charge is -2.38. The molecule has 2 heterocycles. The number of benzene rings is 1. The molecule has 0 aromatic heterocycles. The van der Waals surface area contributed by atoms with Crippen molar-refractivity contribution in [3.63, 3.8) is 0 Å². The lowest BCUT2D eigenvalue weighted by atomic mass is 10.00. The molecule has 0 saturated carbocycles. The first-order valence-electron chi connectivity index (χ1n) is 9.82. The van der Waals surface area contributed by atoms with E-state index in [1.165, 1.54) is 16.8 Å². The first kappa shape index (κ1) is 19.6. The second-order valence-corrected chi connectivity index (χ2v) is 7.48. The standard InChI is InChI=1S/C20H31N5O2/c1-4-21-19(26)20(27)22-14-18(25-11-9-23(2)10-12-25)15-5-6-17-16(13-15)7-8-24(17)3/h5-6,13,18H,4,7-12,14H2,1-3H3,(H,21,26)(H,22,27). The van der Waals surface area contributed by atoms with E-state index in [0.717, 1.165) is 39.1 Å². The van der Waals surface area contributed by atoms with Gasteiger partial charge < -0.3 is 20.4 Å². The highest BCUT2D eigenvalue weighted by Gasteiger charge is 2.27. The maximum atomic E-state index is 12.1. The summed E-state index contributed by atoms with van der Waals surface area (Å²) in [5, 5.41) is 5.39. The van der Waals surface area contributed by atoms with Crippen LogP contribution in [-0.4, -0.2) is 81.5 Å². The third-order valence-electron chi connectivity index (χ3n) is 5.59. The highest BCUT2D eigenvalue weighted by molar-refractivity contribution is 6.35. The summed E-state index contributed by atoms with van der Waals surface area (Å²) < 4.78 is 0. The molecule has 1 saturated heterocycles. The van der Waals surface area contributed by atoms with Crippen molar-refractivity contribution >= 4 is 17.5 Å². The maximum absolute atomic E-state index is 12.1. The quantitative estimate of drug-likeness (QED) is 0.723. The minimum Gasteiger partial charge on any atom is -0.374 e. The van der Waals surface area contributed by atoms with E-state index in [1.807, 2.05) is 0 Å². The summed E-state index contributed by atoms with van der Waals surface area (Å²) in [4.78, 5) is 30.8. The Morgan fingerprint density at radius 1 is 1.04 bits per heavy atom. The van der Waals surface area contributed by atoms with Crippen molar-refractivity contribution in [1.82, 2.24) is 20.4 Å². The normalized spacial score (nSPS) is 18.9. The third kappa shape index (κ3) is 4.59. The zero-order chi connectivity index (χ0) is 19.4. The van der Waals surface area contributed by atoms with Crippen LogP contribution in [0.2, 0.25) is 0 Å². The summed E-state index contributed by atoms with van der Waals surface area (Å²) in [6.07, 6.45) is 1.06. The summed E-state index contributed by atoms with van der Waals surface area (Å²) in [5.41, 5.74) is 3.87. The van der Waals surface area contributed by atoms with E-state index in [4.69, 9.17) is 0 Å². The van der Waals surface area contributed by atoms with Gasteiger partial charge in [0, 0.05) is 58.5 Å². The van der Waals surface area contributed by atoms with Gasteiger partial charge in [-0.3, -0.25) is 14.5 Å². The highest BCUT2D eigenvalue weighted by Crippen LogP contribution is 2.31. The van der Waals surface area contributed by atoms with Crippen molar-refractivity contribution in [3.8, 4) is 0 Å².